The van der Waals surface area contributed by atoms with E-state index in [9.17, 15) is 14.0 Å². The summed E-state index contributed by atoms with van der Waals surface area (Å²) in [5.74, 6) is -0.975. The standard InChI is InChI=1S/C21H18ClFN4O3/c1-30-20(28)12-2-5-14(6-3-12)26-21(29)27-9-8-17-18(25-11-24-17)19(27)15-7-4-13(22)10-16(15)23/h2-7,10-11,19H,8-9H2,1H3,(H,24,25)(H,26,29)/t19-/m1/s1. The molecule has 2 heterocycles. The molecule has 0 saturated carbocycles. The number of benzene rings is 2. The lowest BCUT2D eigenvalue weighted by Crippen LogP contribution is -2.43. The summed E-state index contributed by atoms with van der Waals surface area (Å²) in [4.78, 5) is 33.6. The van der Waals surface area contributed by atoms with Crippen LogP contribution in [0.15, 0.2) is 48.8 Å². The summed E-state index contributed by atoms with van der Waals surface area (Å²) in [6, 6.07) is 9.58. The van der Waals surface area contributed by atoms with Crippen LogP contribution in [0.1, 0.15) is 33.4 Å². The third kappa shape index (κ3) is 3.73. The number of fused-ring (bicyclic) bond motifs is 1. The number of ether oxygens (including phenoxy) is 1. The molecule has 2 amide bonds. The molecule has 1 aliphatic rings. The van der Waals surface area contributed by atoms with Gasteiger partial charge in [-0.05, 0) is 36.4 Å². The first-order valence-corrected chi connectivity index (χ1v) is 9.59. The Bertz CT molecular complexity index is 1100. The van der Waals surface area contributed by atoms with Crippen molar-refractivity contribution in [2.24, 2.45) is 0 Å². The second kappa shape index (κ2) is 8.16. The summed E-state index contributed by atoms with van der Waals surface area (Å²) in [7, 11) is 1.30. The average molecular weight is 429 g/mol. The molecule has 4 rings (SSSR count). The Morgan fingerprint density at radius 3 is 2.73 bits per heavy atom. The minimum Gasteiger partial charge on any atom is -0.465 e. The van der Waals surface area contributed by atoms with E-state index in [0.29, 0.717) is 35.5 Å². The van der Waals surface area contributed by atoms with E-state index in [-0.39, 0.29) is 5.02 Å². The monoisotopic (exact) mass is 428 g/mol. The topological polar surface area (TPSA) is 87.3 Å². The van der Waals surface area contributed by atoms with Crippen LogP contribution in [0.4, 0.5) is 14.9 Å². The first kappa shape index (κ1) is 19.9. The van der Waals surface area contributed by atoms with E-state index >= 15 is 0 Å². The number of amides is 2. The highest BCUT2D eigenvalue weighted by molar-refractivity contribution is 6.30. The van der Waals surface area contributed by atoms with Crippen LogP contribution in [0.25, 0.3) is 0 Å². The second-order valence-electron chi connectivity index (χ2n) is 6.78. The van der Waals surface area contributed by atoms with Crippen LogP contribution >= 0.6 is 11.6 Å². The van der Waals surface area contributed by atoms with Crippen LogP contribution in [0, 0.1) is 5.82 Å². The second-order valence-corrected chi connectivity index (χ2v) is 7.21. The molecule has 7 nitrogen and oxygen atoms in total. The average Bonchev–Trinajstić information content (AvgIpc) is 3.22. The van der Waals surface area contributed by atoms with Crippen LogP contribution in [0.2, 0.25) is 5.02 Å². The van der Waals surface area contributed by atoms with Gasteiger partial charge in [-0.2, -0.15) is 0 Å². The molecule has 2 aromatic carbocycles. The molecule has 0 spiro atoms. The van der Waals surface area contributed by atoms with Gasteiger partial charge >= 0.3 is 12.0 Å². The Labute approximate surface area is 176 Å². The molecule has 3 aromatic rings. The van der Waals surface area contributed by atoms with Crippen molar-refractivity contribution in [1.29, 1.82) is 0 Å². The number of anilines is 1. The van der Waals surface area contributed by atoms with E-state index in [0.717, 1.165) is 5.69 Å². The molecule has 154 valence electrons. The molecule has 9 heteroatoms. The van der Waals surface area contributed by atoms with E-state index in [1.807, 2.05) is 0 Å². The van der Waals surface area contributed by atoms with Crippen molar-refractivity contribution in [3.8, 4) is 0 Å². The fourth-order valence-corrected chi connectivity index (χ4v) is 3.70. The number of carbonyl (C=O) groups is 2. The van der Waals surface area contributed by atoms with Gasteiger partial charge in [0.25, 0.3) is 0 Å². The smallest absolute Gasteiger partial charge is 0.337 e. The van der Waals surface area contributed by atoms with Gasteiger partial charge in [-0.1, -0.05) is 17.7 Å². The first-order chi connectivity index (χ1) is 14.5. The maximum absolute atomic E-state index is 14.7. The van der Waals surface area contributed by atoms with Gasteiger partial charge in [0.2, 0.25) is 0 Å². The van der Waals surface area contributed by atoms with E-state index < -0.39 is 23.9 Å². The van der Waals surface area contributed by atoms with Gasteiger partial charge in [-0.25, -0.2) is 19.0 Å². The number of rotatable bonds is 3. The zero-order chi connectivity index (χ0) is 21.3. The number of carbonyl (C=O) groups excluding carboxylic acids is 2. The van der Waals surface area contributed by atoms with Gasteiger partial charge in [-0.3, -0.25) is 0 Å². The van der Waals surface area contributed by atoms with Gasteiger partial charge in [0.15, 0.2) is 0 Å². The summed E-state index contributed by atoms with van der Waals surface area (Å²) in [5, 5.41) is 3.07. The third-order valence-corrected chi connectivity index (χ3v) is 5.24. The van der Waals surface area contributed by atoms with Crippen LogP contribution in [0.3, 0.4) is 0 Å². The molecule has 30 heavy (non-hydrogen) atoms. The quantitative estimate of drug-likeness (QED) is 0.613. The van der Waals surface area contributed by atoms with Crippen LogP contribution in [0.5, 0.6) is 0 Å². The predicted molar refractivity (Wildman–Crippen MR) is 109 cm³/mol. The first-order valence-electron chi connectivity index (χ1n) is 9.21. The van der Waals surface area contributed by atoms with Crippen LogP contribution in [-0.4, -0.2) is 40.5 Å². The molecular formula is C21H18ClFN4O3. The minimum atomic E-state index is -0.702. The van der Waals surface area contributed by atoms with Crippen LogP contribution < -0.4 is 5.32 Å². The SMILES string of the molecule is COC(=O)c1ccc(NC(=O)N2CCc3[nH]cnc3[C@H]2c2ccc(Cl)cc2F)cc1. The van der Waals surface area contributed by atoms with E-state index in [4.69, 9.17) is 11.6 Å². The normalized spacial score (nSPS) is 15.4. The Balaban J connectivity index is 1.63. The minimum absolute atomic E-state index is 0.274. The fraction of sp³-hybridized carbons (Fsp3) is 0.190. The highest BCUT2D eigenvalue weighted by Gasteiger charge is 2.35. The third-order valence-electron chi connectivity index (χ3n) is 5.00. The number of imidazole rings is 1. The summed E-state index contributed by atoms with van der Waals surface area (Å²) in [6.45, 7) is 0.369. The van der Waals surface area contributed by atoms with Gasteiger partial charge in [-0.15, -0.1) is 0 Å². The molecule has 1 atom stereocenters. The number of hydrogen-bond donors (Lipinski definition) is 2. The Morgan fingerprint density at radius 1 is 1.27 bits per heavy atom. The molecular weight excluding hydrogens is 411 g/mol. The molecule has 0 fully saturated rings. The lowest BCUT2D eigenvalue weighted by atomic mass is 9.95. The Hall–Kier alpha value is -3.39. The van der Waals surface area contributed by atoms with Crippen molar-refractivity contribution in [3.05, 3.63) is 82.1 Å². The number of aromatic amines is 1. The molecule has 1 aliphatic heterocycles. The van der Waals surface area contributed by atoms with E-state index in [2.05, 4.69) is 20.0 Å². The number of nitrogens with one attached hydrogen (secondary N) is 2. The molecule has 0 aliphatic carbocycles. The number of H-pyrrole nitrogens is 1. The fourth-order valence-electron chi connectivity index (χ4n) is 3.54. The van der Waals surface area contributed by atoms with E-state index in [1.165, 1.54) is 18.1 Å². The summed E-state index contributed by atoms with van der Waals surface area (Å²) >= 11 is 5.90. The largest absolute Gasteiger partial charge is 0.465 e. The number of methoxy groups -OCH3 is 1. The van der Waals surface area contributed by atoms with Gasteiger partial charge in [0.1, 0.15) is 11.9 Å². The number of aromatic nitrogens is 2. The van der Waals surface area contributed by atoms with Crippen LogP contribution in [-0.2, 0) is 11.2 Å². The Morgan fingerprint density at radius 2 is 2.03 bits per heavy atom. The van der Waals surface area contributed by atoms with Crippen molar-refractivity contribution in [3.63, 3.8) is 0 Å². The number of hydrogen-bond acceptors (Lipinski definition) is 4. The lowest BCUT2D eigenvalue weighted by molar-refractivity contribution is 0.0600. The van der Waals surface area contributed by atoms with Gasteiger partial charge in [0.05, 0.1) is 24.7 Å². The molecule has 1 aromatic heterocycles. The Kier molecular flexibility index (Phi) is 5.41. The number of halogens is 2. The summed E-state index contributed by atoms with van der Waals surface area (Å²) in [5.41, 5.74) is 2.63. The highest BCUT2D eigenvalue weighted by atomic mass is 35.5. The molecule has 2 N–H and O–H groups in total. The number of nitrogens with zero attached hydrogens (tertiary/aromatic N) is 2. The van der Waals surface area contributed by atoms with Gasteiger partial charge in [0, 0.05) is 34.9 Å². The zero-order valence-electron chi connectivity index (χ0n) is 16.0. The molecule has 0 unspecified atom stereocenters. The van der Waals surface area contributed by atoms with Crippen molar-refractivity contribution in [2.75, 3.05) is 19.0 Å². The predicted octanol–water partition coefficient (Wildman–Crippen LogP) is 4.17. The van der Waals surface area contributed by atoms with Gasteiger partial charge < -0.3 is 19.9 Å². The molecule has 0 bridgehead atoms. The summed E-state index contributed by atoms with van der Waals surface area (Å²) < 4.78 is 19.4. The lowest BCUT2D eigenvalue weighted by Gasteiger charge is -2.35. The van der Waals surface area contributed by atoms with E-state index in [1.54, 1.807) is 42.7 Å². The zero-order valence-corrected chi connectivity index (χ0v) is 16.7. The molecule has 0 saturated heterocycles. The van der Waals surface area contributed by atoms with Crippen molar-refractivity contribution in [2.45, 2.75) is 12.5 Å². The molecule has 0 radical (unpaired) electrons. The number of urea groups is 1. The maximum atomic E-state index is 14.7. The summed E-state index contributed by atoms with van der Waals surface area (Å²) in [6.07, 6.45) is 2.11. The van der Waals surface area contributed by atoms with Crippen molar-refractivity contribution in [1.82, 2.24) is 14.9 Å². The maximum Gasteiger partial charge on any atom is 0.337 e. The number of esters is 1. The highest BCUT2D eigenvalue weighted by Crippen LogP contribution is 2.35. The van der Waals surface area contributed by atoms with Crippen molar-refractivity contribution < 1.29 is 18.7 Å². The van der Waals surface area contributed by atoms with Crippen molar-refractivity contribution >= 4 is 29.3 Å².